The summed E-state index contributed by atoms with van der Waals surface area (Å²) < 4.78 is 1.87. The van der Waals surface area contributed by atoms with Gasteiger partial charge in [-0.2, -0.15) is 5.10 Å². The van der Waals surface area contributed by atoms with Gasteiger partial charge in [0.1, 0.15) is 0 Å². The van der Waals surface area contributed by atoms with E-state index in [-0.39, 0.29) is 0 Å². The van der Waals surface area contributed by atoms with Crippen LogP contribution in [0.3, 0.4) is 0 Å². The first kappa shape index (κ1) is 15.6. The molecule has 20 heavy (non-hydrogen) atoms. The Morgan fingerprint density at radius 3 is 2.70 bits per heavy atom. The molecule has 2 N–H and O–H groups in total. The predicted molar refractivity (Wildman–Crippen MR) is 84.5 cm³/mol. The van der Waals surface area contributed by atoms with Crippen molar-refractivity contribution in [3.63, 3.8) is 0 Å². The molecular weight excluding hydrogens is 246 g/mol. The lowest BCUT2D eigenvalue weighted by Gasteiger charge is -2.32. The van der Waals surface area contributed by atoms with E-state index in [0.29, 0.717) is 6.04 Å². The third-order valence-electron chi connectivity index (χ3n) is 4.99. The minimum atomic E-state index is 0.377. The van der Waals surface area contributed by atoms with Crippen molar-refractivity contribution in [2.45, 2.75) is 70.8 Å². The molecule has 1 saturated carbocycles. The fraction of sp³-hybridized carbons (Fsp3) is 0.824. The number of hydrogen-bond donors (Lipinski definition) is 1. The van der Waals surface area contributed by atoms with Gasteiger partial charge in [0.2, 0.25) is 0 Å². The van der Waals surface area contributed by atoms with E-state index in [4.69, 9.17) is 5.73 Å². The number of hydrogen-bond acceptors (Lipinski definition) is 2. The molecule has 2 rings (SSSR count). The van der Waals surface area contributed by atoms with Crippen LogP contribution in [0.2, 0.25) is 0 Å². The Balaban J connectivity index is 1.67. The lowest BCUT2D eigenvalue weighted by atomic mass is 9.76. The van der Waals surface area contributed by atoms with Crippen LogP contribution in [0.1, 0.15) is 63.9 Å². The number of nitrogens with two attached hydrogens (primary N) is 1. The van der Waals surface area contributed by atoms with Crippen LogP contribution in [0.5, 0.6) is 0 Å². The quantitative estimate of drug-likeness (QED) is 0.826. The minimum absolute atomic E-state index is 0.377. The molecule has 114 valence electrons. The summed E-state index contributed by atoms with van der Waals surface area (Å²) in [6.07, 6.45) is 16.0. The van der Waals surface area contributed by atoms with Crippen molar-refractivity contribution in [1.82, 2.24) is 9.78 Å². The van der Waals surface area contributed by atoms with Gasteiger partial charge in [0, 0.05) is 19.3 Å². The Labute approximate surface area is 123 Å². The molecule has 1 aliphatic rings. The third-order valence-corrected chi connectivity index (χ3v) is 4.99. The summed E-state index contributed by atoms with van der Waals surface area (Å²) in [5.41, 5.74) is 7.74. The maximum absolute atomic E-state index is 6.42. The first-order valence-corrected chi connectivity index (χ1v) is 8.42. The molecule has 0 spiro atoms. The van der Waals surface area contributed by atoms with E-state index in [1.165, 1.54) is 50.5 Å². The first-order valence-electron chi connectivity index (χ1n) is 8.42. The molecule has 0 bridgehead atoms. The molecule has 1 heterocycles. The van der Waals surface area contributed by atoms with Gasteiger partial charge in [0.05, 0.1) is 6.20 Å². The molecule has 1 unspecified atom stereocenters. The maximum Gasteiger partial charge on any atom is 0.0521 e. The van der Waals surface area contributed by atoms with E-state index in [0.717, 1.165) is 24.7 Å². The van der Waals surface area contributed by atoms with Crippen LogP contribution < -0.4 is 5.73 Å². The monoisotopic (exact) mass is 277 g/mol. The largest absolute Gasteiger partial charge is 0.327 e. The molecule has 3 nitrogen and oxygen atoms in total. The van der Waals surface area contributed by atoms with E-state index in [9.17, 15) is 0 Å². The van der Waals surface area contributed by atoms with Gasteiger partial charge in [0.15, 0.2) is 0 Å². The van der Waals surface area contributed by atoms with Gasteiger partial charge >= 0.3 is 0 Å². The van der Waals surface area contributed by atoms with Gasteiger partial charge < -0.3 is 5.73 Å². The van der Waals surface area contributed by atoms with E-state index >= 15 is 0 Å². The highest BCUT2D eigenvalue weighted by molar-refractivity contribution is 5.04. The summed E-state index contributed by atoms with van der Waals surface area (Å²) in [5, 5.41) is 4.22. The number of rotatable bonds is 7. The normalized spacial score (nSPS) is 24.8. The van der Waals surface area contributed by atoms with Gasteiger partial charge in [-0.25, -0.2) is 0 Å². The number of aryl methyl sites for hydroxylation is 2. The summed E-state index contributed by atoms with van der Waals surface area (Å²) in [5.74, 6) is 1.74. The highest BCUT2D eigenvalue weighted by Gasteiger charge is 2.25. The fourth-order valence-corrected chi connectivity index (χ4v) is 3.57. The molecule has 0 aliphatic heterocycles. The molecule has 1 aliphatic carbocycles. The Morgan fingerprint density at radius 1 is 1.35 bits per heavy atom. The van der Waals surface area contributed by atoms with Crippen LogP contribution in [-0.2, 0) is 13.5 Å². The average Bonchev–Trinajstić information content (AvgIpc) is 2.89. The van der Waals surface area contributed by atoms with Crippen LogP contribution in [0.4, 0.5) is 0 Å². The molecule has 0 aromatic carbocycles. The lowest BCUT2D eigenvalue weighted by molar-refractivity contribution is 0.226. The van der Waals surface area contributed by atoms with E-state index in [1.54, 1.807) is 0 Å². The molecule has 0 radical (unpaired) electrons. The standard InChI is InChI=1S/C17H31N3/c1-3-4-5-14-6-9-16(10-7-14)17(18)11-8-15-12-19-20(2)13-15/h12-14,16-17H,3-11,18H2,1-2H3. The van der Waals surface area contributed by atoms with E-state index in [2.05, 4.69) is 18.2 Å². The van der Waals surface area contributed by atoms with Gasteiger partial charge in [-0.1, -0.05) is 39.0 Å². The topological polar surface area (TPSA) is 43.8 Å². The van der Waals surface area contributed by atoms with Crippen LogP contribution >= 0.6 is 0 Å². The summed E-state index contributed by atoms with van der Waals surface area (Å²) in [6.45, 7) is 2.29. The van der Waals surface area contributed by atoms with Crippen LogP contribution in [-0.4, -0.2) is 15.8 Å². The third kappa shape index (κ3) is 4.62. The molecule has 1 atom stereocenters. The van der Waals surface area contributed by atoms with Gasteiger partial charge in [-0.15, -0.1) is 0 Å². The zero-order valence-corrected chi connectivity index (χ0v) is 13.2. The van der Waals surface area contributed by atoms with Crippen molar-refractivity contribution >= 4 is 0 Å². The smallest absolute Gasteiger partial charge is 0.0521 e. The van der Waals surface area contributed by atoms with Crippen LogP contribution in [0.25, 0.3) is 0 Å². The number of nitrogens with zero attached hydrogens (tertiary/aromatic N) is 2. The van der Waals surface area contributed by atoms with Crippen LogP contribution in [0, 0.1) is 11.8 Å². The molecule has 1 aromatic rings. The van der Waals surface area contributed by atoms with Crippen molar-refractivity contribution in [1.29, 1.82) is 0 Å². The second-order valence-corrected chi connectivity index (χ2v) is 6.65. The Kier molecular flexibility index (Phi) is 6.08. The van der Waals surface area contributed by atoms with Crippen LogP contribution in [0.15, 0.2) is 12.4 Å². The average molecular weight is 277 g/mol. The van der Waals surface area contributed by atoms with E-state index in [1.807, 2.05) is 17.9 Å². The van der Waals surface area contributed by atoms with Crippen molar-refractivity contribution in [2.24, 2.45) is 24.6 Å². The second-order valence-electron chi connectivity index (χ2n) is 6.65. The van der Waals surface area contributed by atoms with Gasteiger partial charge in [-0.3, -0.25) is 4.68 Å². The highest BCUT2D eigenvalue weighted by atomic mass is 15.2. The fourth-order valence-electron chi connectivity index (χ4n) is 3.57. The molecule has 0 saturated heterocycles. The Morgan fingerprint density at radius 2 is 2.10 bits per heavy atom. The zero-order valence-electron chi connectivity index (χ0n) is 13.2. The summed E-state index contributed by atoms with van der Waals surface area (Å²) in [4.78, 5) is 0. The predicted octanol–water partition coefficient (Wildman–Crippen LogP) is 3.68. The highest BCUT2D eigenvalue weighted by Crippen LogP contribution is 2.33. The van der Waals surface area contributed by atoms with Crippen molar-refractivity contribution in [3.05, 3.63) is 18.0 Å². The first-order chi connectivity index (χ1) is 9.69. The number of aromatic nitrogens is 2. The summed E-state index contributed by atoms with van der Waals surface area (Å²) in [7, 11) is 1.97. The van der Waals surface area contributed by atoms with Crippen molar-refractivity contribution in [3.8, 4) is 0 Å². The Bertz CT molecular complexity index is 377. The molecule has 0 amide bonds. The molecular formula is C17H31N3. The zero-order chi connectivity index (χ0) is 14.4. The molecule has 3 heteroatoms. The van der Waals surface area contributed by atoms with Crippen molar-refractivity contribution in [2.75, 3.05) is 0 Å². The van der Waals surface area contributed by atoms with Gasteiger partial charge in [0.25, 0.3) is 0 Å². The maximum atomic E-state index is 6.42. The van der Waals surface area contributed by atoms with Crippen molar-refractivity contribution < 1.29 is 0 Å². The molecule has 1 fully saturated rings. The van der Waals surface area contributed by atoms with E-state index < -0.39 is 0 Å². The number of unbranched alkanes of at least 4 members (excludes halogenated alkanes) is 1. The SMILES string of the molecule is CCCCC1CCC(C(N)CCc2cnn(C)c2)CC1. The molecule has 1 aromatic heterocycles. The van der Waals surface area contributed by atoms with Gasteiger partial charge in [-0.05, 0) is 43.1 Å². The summed E-state index contributed by atoms with van der Waals surface area (Å²) in [6, 6.07) is 0.377. The minimum Gasteiger partial charge on any atom is -0.327 e. The Hall–Kier alpha value is -0.830. The summed E-state index contributed by atoms with van der Waals surface area (Å²) >= 11 is 0. The lowest BCUT2D eigenvalue weighted by Crippen LogP contribution is -2.33. The second kappa shape index (κ2) is 7.82.